The van der Waals surface area contributed by atoms with E-state index in [0.29, 0.717) is 12.8 Å². The molecule has 4 rings (SSSR count). The van der Waals surface area contributed by atoms with Gasteiger partial charge in [0.1, 0.15) is 55.9 Å². The van der Waals surface area contributed by atoms with Gasteiger partial charge in [0.15, 0.2) is 18.7 Å². The minimum Gasteiger partial charge on any atom is -0.463 e. The zero-order chi connectivity index (χ0) is 33.6. The molecule has 0 saturated carbocycles. The maximum absolute atomic E-state index is 12.7. The monoisotopic (exact) mass is 662 g/mol. The number of hydrogen-bond donors (Lipinski definition) is 4. The third kappa shape index (κ3) is 12.3. The van der Waals surface area contributed by atoms with E-state index in [4.69, 9.17) is 33.2 Å². The highest BCUT2D eigenvalue weighted by Gasteiger charge is 2.52. The summed E-state index contributed by atoms with van der Waals surface area (Å²) in [6.07, 6.45) is -3.23. The number of aliphatic hydroxyl groups is 4. The molecule has 2 bridgehead atoms. The normalized spacial score (nSPS) is 38.1. The van der Waals surface area contributed by atoms with Gasteiger partial charge in [-0.1, -0.05) is 64.2 Å². The first-order chi connectivity index (χ1) is 22.0. The lowest BCUT2D eigenvalue weighted by atomic mass is 9.97. The quantitative estimate of drug-likeness (QED) is 0.251. The fourth-order valence-electron chi connectivity index (χ4n) is 5.95. The van der Waals surface area contributed by atoms with Crippen LogP contribution < -0.4 is 0 Å². The minimum atomic E-state index is -1.78. The molecule has 0 aliphatic carbocycles. The Kier molecular flexibility index (Phi) is 16.6. The molecule has 0 aromatic rings. The van der Waals surface area contributed by atoms with Gasteiger partial charge in [0, 0.05) is 20.3 Å². The molecule has 0 aromatic carbocycles. The second kappa shape index (κ2) is 19.8. The Morgan fingerprint density at radius 3 is 1.72 bits per heavy atom. The van der Waals surface area contributed by atoms with Crippen molar-refractivity contribution in [1.82, 2.24) is 0 Å². The van der Waals surface area contributed by atoms with Gasteiger partial charge in [-0.25, -0.2) is 0 Å². The Hall–Kier alpha value is -1.91. The van der Waals surface area contributed by atoms with Gasteiger partial charge in [0.2, 0.25) is 0 Å². The van der Waals surface area contributed by atoms with Gasteiger partial charge in [-0.2, -0.15) is 0 Å². The van der Waals surface area contributed by atoms with Gasteiger partial charge in [0.25, 0.3) is 0 Å². The molecule has 14 nitrogen and oxygen atoms in total. The van der Waals surface area contributed by atoms with E-state index in [9.17, 15) is 34.8 Å². The summed E-state index contributed by atoms with van der Waals surface area (Å²) in [6.45, 7) is 3.44. The molecule has 266 valence electrons. The van der Waals surface area contributed by atoms with Crippen LogP contribution in [0.3, 0.4) is 0 Å². The van der Waals surface area contributed by atoms with Crippen molar-refractivity contribution >= 4 is 17.9 Å². The molecule has 4 saturated heterocycles. The second-order valence-electron chi connectivity index (χ2n) is 12.6. The van der Waals surface area contributed by atoms with Gasteiger partial charge in [-0.3, -0.25) is 14.4 Å². The average Bonchev–Trinajstić information content (AvgIpc) is 3.00. The van der Waals surface area contributed by atoms with Crippen molar-refractivity contribution < 1.29 is 68.0 Å². The first-order valence-electron chi connectivity index (χ1n) is 16.8. The fraction of sp³-hybridized carbons (Fsp3) is 0.906. The van der Waals surface area contributed by atoms with E-state index in [2.05, 4.69) is 0 Å². The van der Waals surface area contributed by atoms with Crippen LogP contribution in [0.5, 0.6) is 0 Å². The predicted molar refractivity (Wildman–Crippen MR) is 160 cm³/mol. The lowest BCUT2D eigenvalue weighted by molar-refractivity contribution is -0.371. The zero-order valence-electron chi connectivity index (χ0n) is 27.3. The Labute approximate surface area is 270 Å². The SMILES string of the molecule is CC(=O)OCC1OC2OC(C)CCCCCCCCCCCCCC(=O)OC3C(COC(C)=O)OC(OC2C(O)C1O)C(O)C3O. The largest absolute Gasteiger partial charge is 0.463 e. The minimum absolute atomic E-state index is 0.106. The van der Waals surface area contributed by atoms with Crippen LogP contribution >= 0.6 is 0 Å². The van der Waals surface area contributed by atoms with E-state index in [1.165, 1.54) is 20.3 Å². The third-order valence-electron chi connectivity index (χ3n) is 8.60. The number of hydrogen-bond acceptors (Lipinski definition) is 14. The number of carbonyl (C=O) groups excluding carboxylic acids is 3. The van der Waals surface area contributed by atoms with Crippen molar-refractivity contribution in [2.75, 3.05) is 13.2 Å². The molecule has 4 aliphatic heterocycles. The van der Waals surface area contributed by atoms with Crippen LogP contribution in [0, 0.1) is 0 Å². The van der Waals surface area contributed by atoms with Crippen molar-refractivity contribution in [3.05, 3.63) is 0 Å². The average molecular weight is 663 g/mol. The van der Waals surface area contributed by atoms with E-state index < -0.39 is 85.9 Å². The predicted octanol–water partition coefficient (Wildman–Crippen LogP) is 1.79. The molecule has 11 unspecified atom stereocenters. The molecule has 4 fully saturated rings. The molecular formula is C32H54O14. The molecule has 0 aromatic heterocycles. The van der Waals surface area contributed by atoms with Crippen LogP contribution in [0.25, 0.3) is 0 Å². The summed E-state index contributed by atoms with van der Waals surface area (Å²) < 4.78 is 39.5. The van der Waals surface area contributed by atoms with Crippen molar-refractivity contribution in [3.8, 4) is 0 Å². The Morgan fingerprint density at radius 2 is 1.13 bits per heavy atom. The molecule has 4 heterocycles. The van der Waals surface area contributed by atoms with Gasteiger partial charge >= 0.3 is 17.9 Å². The van der Waals surface area contributed by atoms with Crippen molar-refractivity contribution in [1.29, 1.82) is 0 Å². The van der Waals surface area contributed by atoms with E-state index in [1.54, 1.807) is 0 Å². The van der Waals surface area contributed by atoms with Crippen LogP contribution in [-0.4, -0.2) is 119 Å². The summed E-state index contributed by atoms with van der Waals surface area (Å²) in [5.41, 5.74) is 0. The Bertz CT molecular complexity index is 932. The molecule has 14 heteroatoms. The molecule has 0 amide bonds. The summed E-state index contributed by atoms with van der Waals surface area (Å²) in [5, 5.41) is 44.1. The third-order valence-corrected chi connectivity index (χ3v) is 8.60. The van der Waals surface area contributed by atoms with E-state index >= 15 is 0 Å². The van der Waals surface area contributed by atoms with Crippen LogP contribution in [0.15, 0.2) is 0 Å². The van der Waals surface area contributed by atoms with Gasteiger partial charge < -0.3 is 53.6 Å². The van der Waals surface area contributed by atoms with Crippen molar-refractivity contribution in [2.45, 2.75) is 172 Å². The number of rotatable bonds is 4. The summed E-state index contributed by atoms with van der Waals surface area (Å²) in [4.78, 5) is 35.7. The molecule has 0 spiro atoms. The maximum Gasteiger partial charge on any atom is 0.306 e. The topological polar surface area (TPSA) is 197 Å². The molecule has 0 radical (unpaired) electrons. The van der Waals surface area contributed by atoms with E-state index in [-0.39, 0.29) is 19.1 Å². The van der Waals surface area contributed by atoms with Crippen LogP contribution in [0.2, 0.25) is 0 Å². The van der Waals surface area contributed by atoms with E-state index in [0.717, 1.165) is 57.8 Å². The highest BCUT2D eigenvalue weighted by atomic mass is 16.8. The number of carbonyl (C=O) groups is 3. The zero-order valence-corrected chi connectivity index (χ0v) is 27.3. The first kappa shape index (κ1) is 38.5. The molecule has 11 atom stereocenters. The number of aliphatic hydroxyl groups excluding tert-OH is 4. The van der Waals surface area contributed by atoms with Crippen molar-refractivity contribution in [2.24, 2.45) is 0 Å². The summed E-state index contributed by atoms with van der Waals surface area (Å²) in [7, 11) is 0. The number of esters is 3. The summed E-state index contributed by atoms with van der Waals surface area (Å²) in [6, 6.07) is 0. The highest BCUT2D eigenvalue weighted by molar-refractivity contribution is 5.69. The Morgan fingerprint density at radius 1 is 0.630 bits per heavy atom. The lowest BCUT2D eigenvalue weighted by Crippen LogP contribution is -2.65. The Balaban J connectivity index is 1.82. The van der Waals surface area contributed by atoms with E-state index in [1.807, 2.05) is 6.92 Å². The lowest BCUT2D eigenvalue weighted by Gasteiger charge is -2.47. The smallest absolute Gasteiger partial charge is 0.306 e. The summed E-state index contributed by atoms with van der Waals surface area (Å²) >= 11 is 0. The van der Waals surface area contributed by atoms with Crippen molar-refractivity contribution in [3.63, 3.8) is 0 Å². The molecule has 46 heavy (non-hydrogen) atoms. The summed E-state index contributed by atoms with van der Waals surface area (Å²) in [5.74, 6) is -1.85. The van der Waals surface area contributed by atoms with Crippen LogP contribution in [0.1, 0.15) is 104 Å². The molecular weight excluding hydrogens is 608 g/mol. The van der Waals surface area contributed by atoms with Gasteiger partial charge in [-0.05, 0) is 19.8 Å². The first-order valence-corrected chi connectivity index (χ1v) is 16.8. The molecule has 4 N–H and O–H groups in total. The standard InChI is InChI=1S/C32H54O14/c1-19-15-13-11-9-7-5-4-6-8-10-12-14-16-24(35)45-29-23(18-41-21(3)34)44-31(28(39)27(29)38)46-30-26(37)25(36)22(17-40-20(2)33)43-32(30)42-19/h19,22-23,25-32,36-39H,4-18H2,1-3H3. The highest BCUT2D eigenvalue weighted by Crippen LogP contribution is 2.32. The number of fused-ring (bicyclic) bond motifs is 18. The number of ether oxygens (including phenoxy) is 7. The van der Waals surface area contributed by atoms with Gasteiger partial charge in [-0.15, -0.1) is 0 Å². The molecule has 4 aliphatic rings. The van der Waals surface area contributed by atoms with Crippen LogP contribution in [0.4, 0.5) is 0 Å². The van der Waals surface area contributed by atoms with Crippen LogP contribution in [-0.2, 0) is 47.5 Å². The second-order valence-corrected chi connectivity index (χ2v) is 12.6. The fourth-order valence-corrected chi connectivity index (χ4v) is 5.95. The maximum atomic E-state index is 12.7. The van der Waals surface area contributed by atoms with Gasteiger partial charge in [0.05, 0.1) is 6.10 Å².